The Balaban J connectivity index is 2.43. The van der Waals surface area contributed by atoms with E-state index in [-0.39, 0.29) is 5.69 Å². The molecule has 6 nitrogen and oxygen atoms in total. The lowest BCUT2D eigenvalue weighted by molar-refractivity contribution is -0.384. The maximum atomic E-state index is 12.6. The summed E-state index contributed by atoms with van der Waals surface area (Å²) in [6, 6.07) is 6.61. The number of halogens is 3. The zero-order valence-corrected chi connectivity index (χ0v) is 10.4. The number of anilines is 3. The van der Waals surface area contributed by atoms with Crippen molar-refractivity contribution in [3.63, 3.8) is 0 Å². The summed E-state index contributed by atoms with van der Waals surface area (Å²) in [6.45, 7) is 0. The van der Waals surface area contributed by atoms with Gasteiger partial charge in [0.05, 0.1) is 4.92 Å². The summed E-state index contributed by atoms with van der Waals surface area (Å²) in [5, 5.41) is 13.4. The summed E-state index contributed by atoms with van der Waals surface area (Å²) in [5.74, 6) is 0. The number of hydrogen-bond donors (Lipinski definition) is 2. The van der Waals surface area contributed by atoms with Crippen LogP contribution in [0.1, 0.15) is 5.69 Å². The molecule has 110 valence electrons. The van der Waals surface area contributed by atoms with E-state index in [2.05, 4.69) is 10.3 Å². The quantitative estimate of drug-likeness (QED) is 0.515. The Bertz CT molecular complexity index is 671. The topological polar surface area (TPSA) is 94.1 Å². The summed E-state index contributed by atoms with van der Waals surface area (Å²) in [7, 11) is 0. The third-order valence-electron chi connectivity index (χ3n) is 2.56. The molecule has 0 aliphatic carbocycles. The molecule has 2 aromatic rings. The monoisotopic (exact) mass is 298 g/mol. The highest BCUT2D eigenvalue weighted by molar-refractivity contribution is 5.70. The van der Waals surface area contributed by atoms with Gasteiger partial charge in [0.15, 0.2) is 0 Å². The standard InChI is InChI=1S/C12H9F3N4O2/c13-12(14,15)11-5-9(10(6-17-11)19(20)21)18-8-3-1-7(16)2-4-8/h1-6H,16H2,(H,17,18). The molecule has 0 aliphatic heterocycles. The van der Waals surface area contributed by atoms with Gasteiger partial charge in [-0.2, -0.15) is 13.2 Å². The van der Waals surface area contributed by atoms with Gasteiger partial charge in [-0.1, -0.05) is 0 Å². The molecular weight excluding hydrogens is 289 g/mol. The molecule has 2 rings (SSSR count). The fourth-order valence-electron chi connectivity index (χ4n) is 1.57. The Kier molecular flexibility index (Phi) is 3.66. The zero-order valence-electron chi connectivity index (χ0n) is 10.4. The first-order valence-electron chi connectivity index (χ1n) is 5.61. The number of aromatic nitrogens is 1. The fraction of sp³-hybridized carbons (Fsp3) is 0.0833. The number of hydrogen-bond acceptors (Lipinski definition) is 5. The second-order valence-corrected chi connectivity index (χ2v) is 4.09. The lowest BCUT2D eigenvalue weighted by Gasteiger charge is -2.10. The molecule has 0 atom stereocenters. The molecule has 0 amide bonds. The Morgan fingerprint density at radius 2 is 1.86 bits per heavy atom. The third kappa shape index (κ3) is 3.38. The summed E-state index contributed by atoms with van der Waals surface area (Å²) >= 11 is 0. The average molecular weight is 298 g/mol. The van der Waals surface area contributed by atoms with Gasteiger partial charge in [-0.15, -0.1) is 0 Å². The van der Waals surface area contributed by atoms with E-state index in [1.807, 2.05) is 0 Å². The Hall–Kier alpha value is -2.84. The third-order valence-corrected chi connectivity index (χ3v) is 2.56. The fourth-order valence-corrected chi connectivity index (χ4v) is 1.57. The number of nitrogens with one attached hydrogen (secondary N) is 1. The predicted molar refractivity (Wildman–Crippen MR) is 70.0 cm³/mol. The van der Waals surface area contributed by atoms with Gasteiger partial charge < -0.3 is 11.1 Å². The van der Waals surface area contributed by atoms with Crippen molar-refractivity contribution in [2.45, 2.75) is 6.18 Å². The molecular formula is C12H9F3N4O2. The summed E-state index contributed by atoms with van der Waals surface area (Å²) in [5.41, 5.74) is 4.24. The molecule has 0 unspecified atom stereocenters. The lowest BCUT2D eigenvalue weighted by Crippen LogP contribution is -2.09. The van der Waals surface area contributed by atoms with E-state index in [1.165, 1.54) is 24.3 Å². The van der Waals surface area contributed by atoms with Crippen LogP contribution in [0.4, 0.5) is 35.9 Å². The number of benzene rings is 1. The van der Waals surface area contributed by atoms with E-state index in [1.54, 1.807) is 0 Å². The zero-order chi connectivity index (χ0) is 15.6. The molecule has 0 spiro atoms. The maximum Gasteiger partial charge on any atom is 0.433 e. The van der Waals surface area contributed by atoms with Gasteiger partial charge >= 0.3 is 11.9 Å². The molecule has 1 aromatic heterocycles. The smallest absolute Gasteiger partial charge is 0.399 e. The SMILES string of the molecule is Nc1ccc(Nc2cc(C(F)(F)F)ncc2[N+](=O)[O-])cc1. The second kappa shape index (κ2) is 5.27. The van der Waals surface area contributed by atoms with Crippen LogP contribution in [-0.4, -0.2) is 9.91 Å². The van der Waals surface area contributed by atoms with E-state index in [0.29, 0.717) is 23.6 Å². The minimum atomic E-state index is -4.69. The summed E-state index contributed by atoms with van der Waals surface area (Å²) in [6.07, 6.45) is -4.12. The van der Waals surface area contributed by atoms with Crippen LogP contribution >= 0.6 is 0 Å². The van der Waals surface area contributed by atoms with Crippen molar-refractivity contribution < 1.29 is 18.1 Å². The van der Waals surface area contributed by atoms with Crippen molar-refractivity contribution in [2.24, 2.45) is 0 Å². The largest absolute Gasteiger partial charge is 0.433 e. The number of alkyl halides is 3. The molecule has 0 saturated carbocycles. The van der Waals surface area contributed by atoms with Gasteiger partial charge in [0, 0.05) is 11.4 Å². The van der Waals surface area contributed by atoms with E-state index in [9.17, 15) is 23.3 Å². The number of nitrogens with two attached hydrogens (primary N) is 1. The lowest BCUT2D eigenvalue weighted by atomic mass is 10.2. The van der Waals surface area contributed by atoms with Crippen molar-refractivity contribution in [1.29, 1.82) is 0 Å². The molecule has 9 heteroatoms. The molecule has 0 saturated heterocycles. The normalized spacial score (nSPS) is 11.2. The van der Waals surface area contributed by atoms with E-state index in [4.69, 9.17) is 5.73 Å². The van der Waals surface area contributed by atoms with Crippen LogP contribution in [0, 0.1) is 10.1 Å². The number of pyridine rings is 1. The Morgan fingerprint density at radius 3 is 2.38 bits per heavy atom. The van der Waals surface area contributed by atoms with Gasteiger partial charge in [-0.3, -0.25) is 10.1 Å². The molecule has 0 bridgehead atoms. The van der Waals surface area contributed by atoms with Crippen LogP contribution in [0.3, 0.4) is 0 Å². The van der Waals surface area contributed by atoms with Crippen LogP contribution in [-0.2, 0) is 6.18 Å². The highest BCUT2D eigenvalue weighted by atomic mass is 19.4. The highest BCUT2D eigenvalue weighted by Crippen LogP contribution is 2.34. The van der Waals surface area contributed by atoms with Gasteiger partial charge in [0.25, 0.3) is 0 Å². The van der Waals surface area contributed by atoms with Crippen molar-refractivity contribution in [3.05, 3.63) is 52.3 Å². The van der Waals surface area contributed by atoms with Crippen LogP contribution in [0.15, 0.2) is 36.5 Å². The van der Waals surface area contributed by atoms with Gasteiger partial charge in [-0.05, 0) is 30.3 Å². The van der Waals surface area contributed by atoms with Gasteiger partial charge in [0.1, 0.15) is 17.6 Å². The van der Waals surface area contributed by atoms with Crippen LogP contribution in [0.5, 0.6) is 0 Å². The van der Waals surface area contributed by atoms with Crippen LogP contribution < -0.4 is 11.1 Å². The molecule has 1 heterocycles. The molecule has 0 aliphatic rings. The molecule has 21 heavy (non-hydrogen) atoms. The predicted octanol–water partition coefficient (Wildman–Crippen LogP) is 3.33. The molecule has 0 fully saturated rings. The minimum absolute atomic E-state index is 0.299. The molecule has 0 radical (unpaired) electrons. The Labute approximate surface area is 116 Å². The van der Waals surface area contributed by atoms with E-state index in [0.717, 1.165) is 0 Å². The highest BCUT2D eigenvalue weighted by Gasteiger charge is 2.34. The van der Waals surface area contributed by atoms with Gasteiger partial charge in [0.2, 0.25) is 0 Å². The number of rotatable bonds is 3. The second-order valence-electron chi connectivity index (χ2n) is 4.09. The summed E-state index contributed by atoms with van der Waals surface area (Å²) < 4.78 is 37.8. The molecule has 1 aromatic carbocycles. The number of nitrogens with zero attached hydrogens (tertiary/aromatic N) is 2. The van der Waals surface area contributed by atoms with Crippen molar-refractivity contribution in [2.75, 3.05) is 11.1 Å². The first kappa shape index (κ1) is 14.6. The first-order valence-corrected chi connectivity index (χ1v) is 5.61. The molecule has 3 N–H and O–H groups in total. The van der Waals surface area contributed by atoms with Crippen LogP contribution in [0.2, 0.25) is 0 Å². The maximum absolute atomic E-state index is 12.6. The van der Waals surface area contributed by atoms with Crippen molar-refractivity contribution in [1.82, 2.24) is 4.98 Å². The van der Waals surface area contributed by atoms with E-state index < -0.39 is 22.5 Å². The van der Waals surface area contributed by atoms with Crippen molar-refractivity contribution in [3.8, 4) is 0 Å². The average Bonchev–Trinajstić information content (AvgIpc) is 2.40. The summed E-state index contributed by atoms with van der Waals surface area (Å²) in [4.78, 5) is 13.1. The number of nitrogen functional groups attached to an aromatic ring is 1. The Morgan fingerprint density at radius 1 is 1.24 bits per heavy atom. The van der Waals surface area contributed by atoms with E-state index >= 15 is 0 Å². The van der Waals surface area contributed by atoms with Gasteiger partial charge in [-0.25, -0.2) is 4.98 Å². The first-order chi connectivity index (χ1) is 9.77. The van der Waals surface area contributed by atoms with Crippen molar-refractivity contribution >= 4 is 22.7 Å². The minimum Gasteiger partial charge on any atom is -0.399 e. The van der Waals surface area contributed by atoms with Crippen LogP contribution in [0.25, 0.3) is 0 Å². The number of nitro groups is 1.